The number of carboxylic acid groups (broad SMARTS) is 1. The monoisotopic (exact) mass is 353 g/mol. The Kier molecular flexibility index (Phi) is 5.51. The van der Waals surface area contributed by atoms with Crippen LogP contribution in [-0.2, 0) is 17.6 Å². The highest BCUT2D eigenvalue weighted by atomic mass is 32.1. The minimum atomic E-state index is -0.907. The zero-order chi connectivity index (χ0) is 17.8. The summed E-state index contributed by atoms with van der Waals surface area (Å²) in [6, 6.07) is 10.8. The fourth-order valence-electron chi connectivity index (χ4n) is 3.18. The van der Waals surface area contributed by atoms with E-state index in [2.05, 4.69) is 55.4 Å². The Balaban J connectivity index is 2.03. The summed E-state index contributed by atoms with van der Waals surface area (Å²) in [6.45, 7) is 1.01. The van der Waals surface area contributed by atoms with Crippen molar-refractivity contribution < 1.29 is 9.90 Å². The zero-order valence-corrected chi connectivity index (χ0v) is 15.5. The maximum Gasteiger partial charge on any atom is 0.328 e. The van der Waals surface area contributed by atoms with E-state index in [1.165, 1.54) is 33.2 Å². The molecule has 2 aromatic rings. The van der Waals surface area contributed by atoms with Gasteiger partial charge < -0.3 is 10.0 Å². The molecular formula is C21H23NO2S. The van der Waals surface area contributed by atoms with Crippen molar-refractivity contribution in [3.05, 3.63) is 68.9 Å². The number of carbonyl (C=O) groups is 1. The van der Waals surface area contributed by atoms with Crippen molar-refractivity contribution in [1.29, 1.82) is 0 Å². The Morgan fingerprint density at radius 3 is 2.80 bits per heavy atom. The van der Waals surface area contributed by atoms with Gasteiger partial charge >= 0.3 is 5.97 Å². The molecule has 0 bridgehead atoms. The second-order valence-electron chi connectivity index (χ2n) is 6.52. The molecule has 1 aromatic carbocycles. The first kappa shape index (κ1) is 17.6. The van der Waals surface area contributed by atoms with Crippen molar-refractivity contribution in [3.63, 3.8) is 0 Å². The summed E-state index contributed by atoms with van der Waals surface area (Å²) < 4.78 is 0. The van der Waals surface area contributed by atoms with Crippen molar-refractivity contribution in [2.24, 2.45) is 0 Å². The van der Waals surface area contributed by atoms with E-state index in [1.807, 2.05) is 0 Å². The van der Waals surface area contributed by atoms with Gasteiger partial charge in [-0.2, -0.15) is 0 Å². The molecule has 0 atom stereocenters. The van der Waals surface area contributed by atoms with Crippen LogP contribution in [0.4, 0.5) is 0 Å². The number of aryl methyl sites for hydroxylation is 2. The van der Waals surface area contributed by atoms with Crippen LogP contribution < -0.4 is 0 Å². The van der Waals surface area contributed by atoms with E-state index in [9.17, 15) is 4.79 Å². The molecule has 0 radical (unpaired) electrons. The highest BCUT2D eigenvalue weighted by molar-refractivity contribution is 7.13. The first-order chi connectivity index (χ1) is 12.0. The average Bonchev–Trinajstić information content (AvgIpc) is 2.92. The van der Waals surface area contributed by atoms with E-state index in [0.717, 1.165) is 30.7 Å². The third-order valence-electron chi connectivity index (χ3n) is 4.36. The molecule has 25 heavy (non-hydrogen) atoms. The van der Waals surface area contributed by atoms with Gasteiger partial charge in [0.1, 0.15) is 0 Å². The van der Waals surface area contributed by atoms with Crippen LogP contribution in [0.25, 0.3) is 11.6 Å². The molecule has 3 rings (SSSR count). The molecule has 1 aliphatic carbocycles. The van der Waals surface area contributed by atoms with Crippen LogP contribution in [0.5, 0.6) is 0 Å². The van der Waals surface area contributed by atoms with Crippen LogP contribution in [0.3, 0.4) is 0 Å². The topological polar surface area (TPSA) is 40.5 Å². The highest BCUT2D eigenvalue weighted by Crippen LogP contribution is 2.38. The molecule has 0 saturated carbocycles. The largest absolute Gasteiger partial charge is 0.478 e. The first-order valence-corrected chi connectivity index (χ1v) is 9.33. The smallest absolute Gasteiger partial charge is 0.328 e. The van der Waals surface area contributed by atoms with Crippen molar-refractivity contribution in [2.75, 3.05) is 20.6 Å². The number of thiophene rings is 1. The maximum atomic E-state index is 10.8. The summed E-state index contributed by atoms with van der Waals surface area (Å²) in [5, 5.41) is 8.87. The van der Waals surface area contributed by atoms with Crippen molar-refractivity contribution in [3.8, 4) is 0 Å². The minimum Gasteiger partial charge on any atom is -0.478 e. The molecule has 0 fully saturated rings. The Labute approximate surface area is 152 Å². The summed E-state index contributed by atoms with van der Waals surface area (Å²) >= 11 is 1.70. The molecule has 0 unspecified atom stereocenters. The molecular weight excluding hydrogens is 330 g/mol. The first-order valence-electron chi connectivity index (χ1n) is 8.52. The lowest BCUT2D eigenvalue weighted by molar-refractivity contribution is -0.131. The van der Waals surface area contributed by atoms with Crippen LogP contribution in [0.1, 0.15) is 32.9 Å². The van der Waals surface area contributed by atoms with E-state index in [0.29, 0.717) is 0 Å². The number of fused-ring (bicyclic) bond motifs is 2. The Bertz CT molecular complexity index is 830. The number of benzene rings is 1. The molecule has 0 saturated heterocycles. The molecule has 1 N–H and O–H groups in total. The summed E-state index contributed by atoms with van der Waals surface area (Å²) in [5.74, 6) is -0.907. The lowest BCUT2D eigenvalue weighted by atomic mass is 9.95. The fraction of sp³-hybridized carbons (Fsp3) is 0.286. The minimum absolute atomic E-state index is 0.907. The molecule has 130 valence electrons. The molecule has 1 aromatic heterocycles. The summed E-state index contributed by atoms with van der Waals surface area (Å²) in [5.41, 5.74) is 5.26. The second kappa shape index (κ2) is 7.81. The van der Waals surface area contributed by atoms with Gasteiger partial charge in [0.25, 0.3) is 0 Å². The molecule has 3 nitrogen and oxygen atoms in total. The van der Waals surface area contributed by atoms with Crippen LogP contribution in [0.2, 0.25) is 0 Å². The van der Waals surface area contributed by atoms with E-state index >= 15 is 0 Å². The van der Waals surface area contributed by atoms with E-state index in [1.54, 1.807) is 17.4 Å². The average molecular weight is 353 g/mol. The third kappa shape index (κ3) is 4.27. The van der Waals surface area contributed by atoms with Gasteiger partial charge in [0.2, 0.25) is 0 Å². The molecule has 1 heterocycles. The quantitative estimate of drug-likeness (QED) is 0.814. The predicted molar refractivity (Wildman–Crippen MR) is 105 cm³/mol. The lowest BCUT2D eigenvalue weighted by Crippen LogP contribution is -2.12. The van der Waals surface area contributed by atoms with Crippen LogP contribution in [0, 0.1) is 0 Å². The Morgan fingerprint density at radius 2 is 2.04 bits per heavy atom. The fourth-order valence-corrected chi connectivity index (χ4v) is 4.26. The number of rotatable bonds is 5. The highest BCUT2D eigenvalue weighted by Gasteiger charge is 2.20. The molecule has 0 spiro atoms. The third-order valence-corrected chi connectivity index (χ3v) is 5.52. The van der Waals surface area contributed by atoms with Crippen LogP contribution >= 0.6 is 11.3 Å². The normalized spacial score (nSPS) is 15.4. The lowest BCUT2D eigenvalue weighted by Gasteiger charge is -2.11. The molecule has 4 heteroatoms. The van der Waals surface area contributed by atoms with Gasteiger partial charge in [0.15, 0.2) is 0 Å². The number of hydrogen-bond donors (Lipinski definition) is 1. The zero-order valence-electron chi connectivity index (χ0n) is 14.7. The van der Waals surface area contributed by atoms with Gasteiger partial charge in [-0.3, -0.25) is 0 Å². The maximum absolute atomic E-state index is 10.8. The van der Waals surface area contributed by atoms with Gasteiger partial charge in [0, 0.05) is 22.4 Å². The second-order valence-corrected chi connectivity index (χ2v) is 7.69. The predicted octanol–water partition coefficient (Wildman–Crippen LogP) is 4.33. The van der Waals surface area contributed by atoms with Gasteiger partial charge in [-0.15, -0.1) is 11.3 Å². The van der Waals surface area contributed by atoms with Gasteiger partial charge in [-0.1, -0.05) is 30.3 Å². The Hall–Kier alpha value is -2.17. The van der Waals surface area contributed by atoms with Crippen LogP contribution in [-0.4, -0.2) is 36.6 Å². The van der Waals surface area contributed by atoms with E-state index in [-0.39, 0.29) is 0 Å². The van der Waals surface area contributed by atoms with Crippen LogP contribution in [0.15, 0.2) is 42.5 Å². The SMILES string of the molecule is CN(C)CCC=C1c2ccccc2CCc2sc(C=CC(=O)O)cc21. The standard InChI is InChI=1S/C21H23NO2S/c1-22(2)13-5-8-18-17-7-4-3-6-15(17)9-11-20-19(18)14-16(25-20)10-12-21(23)24/h3-4,6-8,10,12,14H,5,9,11,13H2,1-2H3,(H,23,24). The van der Waals surface area contributed by atoms with E-state index < -0.39 is 5.97 Å². The summed E-state index contributed by atoms with van der Waals surface area (Å²) in [4.78, 5) is 15.3. The molecule has 0 aliphatic heterocycles. The molecule has 1 aliphatic rings. The summed E-state index contributed by atoms with van der Waals surface area (Å²) in [7, 11) is 4.18. The number of aliphatic carboxylic acids is 1. The van der Waals surface area contributed by atoms with Gasteiger partial charge in [0.05, 0.1) is 0 Å². The van der Waals surface area contributed by atoms with Crippen molar-refractivity contribution >= 4 is 29.0 Å². The van der Waals surface area contributed by atoms with Gasteiger partial charge in [-0.05, 0) is 67.8 Å². The summed E-state index contributed by atoms with van der Waals surface area (Å²) in [6.07, 6.45) is 8.27. The number of hydrogen-bond acceptors (Lipinski definition) is 3. The van der Waals surface area contributed by atoms with Crippen molar-refractivity contribution in [1.82, 2.24) is 4.90 Å². The van der Waals surface area contributed by atoms with Gasteiger partial charge in [-0.25, -0.2) is 4.79 Å². The number of carboxylic acids is 1. The van der Waals surface area contributed by atoms with E-state index in [4.69, 9.17) is 5.11 Å². The molecule has 0 amide bonds. The van der Waals surface area contributed by atoms with Crippen molar-refractivity contribution in [2.45, 2.75) is 19.3 Å². The number of nitrogens with zero attached hydrogens (tertiary/aromatic N) is 1. The Morgan fingerprint density at radius 1 is 1.24 bits per heavy atom.